The maximum absolute atomic E-state index is 12.6. The van der Waals surface area contributed by atoms with Crippen LogP contribution in [0.3, 0.4) is 0 Å². The molecule has 0 spiro atoms. The highest BCUT2D eigenvalue weighted by Gasteiger charge is 2.16. The zero-order valence-corrected chi connectivity index (χ0v) is 18.0. The summed E-state index contributed by atoms with van der Waals surface area (Å²) in [6, 6.07) is 15.8. The van der Waals surface area contributed by atoms with Crippen molar-refractivity contribution in [2.45, 2.75) is 18.7 Å². The fraction of sp³-hybridized carbons (Fsp3) is 0.0952. The second-order valence-corrected chi connectivity index (χ2v) is 9.03. The molecule has 0 atom stereocenters. The van der Waals surface area contributed by atoms with E-state index < -0.39 is 15.9 Å². The van der Waals surface area contributed by atoms with Crippen molar-refractivity contribution in [3.05, 3.63) is 87.4 Å². The van der Waals surface area contributed by atoms with Crippen LogP contribution in [0.15, 0.2) is 65.6 Å². The summed E-state index contributed by atoms with van der Waals surface area (Å²) in [5.74, 6) is -0.421. The van der Waals surface area contributed by atoms with Crippen molar-refractivity contribution in [1.29, 1.82) is 0 Å². The number of carbonyl (C=O) groups excluding carboxylic acids is 1. The number of hydrogen-bond acceptors (Lipinski definition) is 3. The molecule has 5 nitrogen and oxygen atoms in total. The predicted octanol–water partition coefficient (Wildman–Crippen LogP) is 5.66. The molecular weight excluding hydrogens is 431 g/mol. The van der Waals surface area contributed by atoms with Crippen LogP contribution in [0.5, 0.6) is 0 Å². The molecule has 29 heavy (non-hydrogen) atoms. The molecule has 0 saturated heterocycles. The van der Waals surface area contributed by atoms with Crippen LogP contribution in [-0.4, -0.2) is 14.3 Å². The van der Waals surface area contributed by atoms with Gasteiger partial charge in [0.15, 0.2) is 0 Å². The molecule has 0 saturated carbocycles. The van der Waals surface area contributed by atoms with Gasteiger partial charge in [-0.1, -0.05) is 29.3 Å². The topological polar surface area (TPSA) is 75.3 Å². The summed E-state index contributed by atoms with van der Waals surface area (Å²) in [6.07, 6.45) is 0. The Balaban J connectivity index is 1.75. The summed E-state index contributed by atoms with van der Waals surface area (Å²) in [5.41, 5.74) is 3.26. The van der Waals surface area contributed by atoms with Gasteiger partial charge in [-0.25, -0.2) is 8.42 Å². The Morgan fingerprint density at radius 1 is 0.828 bits per heavy atom. The third-order valence-corrected chi connectivity index (χ3v) is 6.30. The van der Waals surface area contributed by atoms with Gasteiger partial charge in [0, 0.05) is 16.4 Å². The lowest BCUT2D eigenvalue weighted by atomic mass is 10.1. The SMILES string of the molecule is Cc1ccc(NS(=O)(=O)c2ccc(NC(=O)c3ccc(Cl)cc3Cl)cc2)cc1C. The minimum Gasteiger partial charge on any atom is -0.322 e. The largest absolute Gasteiger partial charge is 0.322 e. The number of halogens is 2. The Bertz CT molecular complexity index is 1180. The first-order valence-corrected chi connectivity index (χ1v) is 10.9. The molecule has 0 aliphatic rings. The average molecular weight is 449 g/mol. The summed E-state index contributed by atoms with van der Waals surface area (Å²) in [7, 11) is -3.75. The smallest absolute Gasteiger partial charge is 0.261 e. The Hall–Kier alpha value is -2.54. The van der Waals surface area contributed by atoms with Gasteiger partial charge < -0.3 is 5.32 Å². The molecule has 0 aromatic heterocycles. The zero-order chi connectivity index (χ0) is 21.2. The lowest BCUT2D eigenvalue weighted by molar-refractivity contribution is 0.102. The van der Waals surface area contributed by atoms with E-state index in [1.165, 1.54) is 36.4 Å². The highest BCUT2D eigenvalue weighted by Crippen LogP contribution is 2.23. The van der Waals surface area contributed by atoms with Gasteiger partial charge in [-0.05, 0) is 79.6 Å². The number of anilines is 2. The van der Waals surface area contributed by atoms with E-state index in [-0.39, 0.29) is 15.5 Å². The number of nitrogens with one attached hydrogen (secondary N) is 2. The number of aryl methyl sites for hydroxylation is 2. The monoisotopic (exact) mass is 448 g/mol. The van der Waals surface area contributed by atoms with E-state index >= 15 is 0 Å². The highest BCUT2D eigenvalue weighted by atomic mass is 35.5. The molecule has 3 rings (SSSR count). The van der Waals surface area contributed by atoms with Crippen molar-refractivity contribution >= 4 is 50.5 Å². The van der Waals surface area contributed by atoms with Crippen LogP contribution >= 0.6 is 23.2 Å². The van der Waals surface area contributed by atoms with E-state index in [2.05, 4.69) is 10.0 Å². The average Bonchev–Trinajstić information content (AvgIpc) is 2.65. The number of carbonyl (C=O) groups is 1. The lowest BCUT2D eigenvalue weighted by Crippen LogP contribution is -2.14. The molecule has 3 aromatic carbocycles. The van der Waals surface area contributed by atoms with Crippen molar-refractivity contribution in [2.24, 2.45) is 0 Å². The van der Waals surface area contributed by atoms with E-state index in [4.69, 9.17) is 23.2 Å². The quantitative estimate of drug-likeness (QED) is 0.528. The van der Waals surface area contributed by atoms with Crippen molar-refractivity contribution in [1.82, 2.24) is 0 Å². The third-order valence-electron chi connectivity index (χ3n) is 4.36. The van der Waals surface area contributed by atoms with Crippen LogP contribution in [-0.2, 0) is 10.0 Å². The molecule has 0 fully saturated rings. The molecule has 0 unspecified atom stereocenters. The fourth-order valence-corrected chi connectivity index (χ4v) is 4.15. The van der Waals surface area contributed by atoms with Crippen LogP contribution < -0.4 is 10.0 Å². The van der Waals surface area contributed by atoms with Crippen LogP contribution in [0.2, 0.25) is 10.0 Å². The zero-order valence-electron chi connectivity index (χ0n) is 15.7. The van der Waals surface area contributed by atoms with E-state index in [9.17, 15) is 13.2 Å². The first-order chi connectivity index (χ1) is 13.7. The molecule has 150 valence electrons. The Kier molecular flexibility index (Phi) is 6.17. The normalized spacial score (nSPS) is 11.2. The maximum Gasteiger partial charge on any atom is 0.261 e. The number of rotatable bonds is 5. The second-order valence-electron chi connectivity index (χ2n) is 6.51. The first kappa shape index (κ1) is 21.2. The highest BCUT2D eigenvalue weighted by molar-refractivity contribution is 7.92. The van der Waals surface area contributed by atoms with Gasteiger partial charge in [-0.3, -0.25) is 9.52 Å². The van der Waals surface area contributed by atoms with E-state index in [1.807, 2.05) is 19.9 Å². The molecule has 1 amide bonds. The Morgan fingerprint density at radius 2 is 1.48 bits per heavy atom. The van der Waals surface area contributed by atoms with E-state index in [0.29, 0.717) is 16.4 Å². The van der Waals surface area contributed by atoms with Crippen molar-refractivity contribution in [2.75, 3.05) is 10.0 Å². The van der Waals surface area contributed by atoms with Crippen molar-refractivity contribution in [3.8, 4) is 0 Å². The van der Waals surface area contributed by atoms with Gasteiger partial charge in [-0.15, -0.1) is 0 Å². The summed E-state index contributed by atoms with van der Waals surface area (Å²) in [6.45, 7) is 3.87. The van der Waals surface area contributed by atoms with Crippen LogP contribution in [0.25, 0.3) is 0 Å². The number of sulfonamides is 1. The third kappa shape index (κ3) is 5.09. The van der Waals surface area contributed by atoms with Crippen LogP contribution in [0.1, 0.15) is 21.5 Å². The van der Waals surface area contributed by atoms with Gasteiger partial charge >= 0.3 is 0 Å². The summed E-state index contributed by atoms with van der Waals surface area (Å²) < 4.78 is 27.8. The molecule has 0 aliphatic carbocycles. The van der Waals surface area contributed by atoms with Crippen LogP contribution in [0.4, 0.5) is 11.4 Å². The van der Waals surface area contributed by atoms with E-state index in [1.54, 1.807) is 18.2 Å². The van der Waals surface area contributed by atoms with Crippen LogP contribution in [0, 0.1) is 13.8 Å². The minimum absolute atomic E-state index is 0.0817. The van der Waals surface area contributed by atoms with Gasteiger partial charge in [-0.2, -0.15) is 0 Å². The molecule has 0 radical (unpaired) electrons. The second kappa shape index (κ2) is 8.45. The van der Waals surface area contributed by atoms with Gasteiger partial charge in [0.05, 0.1) is 15.5 Å². The fourth-order valence-electron chi connectivity index (χ4n) is 2.61. The minimum atomic E-state index is -3.75. The molecule has 8 heteroatoms. The van der Waals surface area contributed by atoms with Gasteiger partial charge in [0.2, 0.25) is 0 Å². The molecule has 2 N–H and O–H groups in total. The van der Waals surface area contributed by atoms with E-state index in [0.717, 1.165) is 11.1 Å². The van der Waals surface area contributed by atoms with Gasteiger partial charge in [0.1, 0.15) is 0 Å². The molecule has 0 bridgehead atoms. The first-order valence-electron chi connectivity index (χ1n) is 8.62. The summed E-state index contributed by atoms with van der Waals surface area (Å²) >= 11 is 11.9. The standard InChI is InChI=1S/C21H18Cl2N2O3S/c1-13-3-5-17(11-14(13)2)25-29(27,28)18-8-6-16(7-9-18)24-21(26)19-10-4-15(22)12-20(19)23/h3-12,25H,1-2H3,(H,24,26). The predicted molar refractivity (Wildman–Crippen MR) is 118 cm³/mol. The number of hydrogen-bond donors (Lipinski definition) is 2. The molecule has 0 aliphatic heterocycles. The number of amides is 1. The Morgan fingerprint density at radius 3 is 2.10 bits per heavy atom. The maximum atomic E-state index is 12.6. The lowest BCUT2D eigenvalue weighted by Gasteiger charge is -2.11. The molecular formula is C21H18Cl2N2O3S. The van der Waals surface area contributed by atoms with Crippen molar-refractivity contribution < 1.29 is 13.2 Å². The molecule has 3 aromatic rings. The van der Waals surface area contributed by atoms with Crippen molar-refractivity contribution in [3.63, 3.8) is 0 Å². The van der Waals surface area contributed by atoms with Gasteiger partial charge in [0.25, 0.3) is 15.9 Å². The summed E-state index contributed by atoms with van der Waals surface area (Å²) in [5, 5.41) is 3.34. The molecule has 0 heterocycles. The number of benzene rings is 3. The Labute approximate surface area is 179 Å². The summed E-state index contributed by atoms with van der Waals surface area (Å²) in [4.78, 5) is 12.4.